The van der Waals surface area contributed by atoms with Gasteiger partial charge in [0.15, 0.2) is 0 Å². The van der Waals surface area contributed by atoms with Crippen LogP contribution in [0, 0.1) is 22.7 Å². The average Bonchev–Trinajstić information content (AvgIpc) is 3.10. The zero-order chi connectivity index (χ0) is 23.5. The number of nitrogens with one attached hydrogen (secondary N) is 1. The Kier molecular flexibility index (Phi) is 9.44. The fourth-order valence-corrected chi connectivity index (χ4v) is 3.40. The Hall–Kier alpha value is -3.64. The van der Waals surface area contributed by atoms with Crippen molar-refractivity contribution in [3.63, 3.8) is 0 Å². The Morgan fingerprint density at radius 1 is 1.28 bits per heavy atom. The standard InChI is InChI=1S/C27H30N4O/c1-5-6-7-8-9-25-17-24(16-22(18-28)19-29)26(31(25)4)23-12-10-21(11-13-23)14-15-30-27(32)20(2)3/h5,7-13,16,27,30,32H,1-2,6,14-15,17H2,3-4H3/b8-7-,25-9+. The maximum absolute atomic E-state index is 9.79. The molecule has 0 aromatic heterocycles. The molecule has 0 bridgehead atoms. The van der Waals surface area contributed by atoms with Crippen LogP contribution in [0.15, 0.2) is 90.2 Å². The largest absolute Gasteiger partial charge is 0.375 e. The second-order valence-corrected chi connectivity index (χ2v) is 7.65. The highest BCUT2D eigenvalue weighted by Crippen LogP contribution is 2.38. The van der Waals surface area contributed by atoms with Crippen LogP contribution in [0.3, 0.4) is 0 Å². The molecule has 5 nitrogen and oxygen atoms in total. The third-order valence-corrected chi connectivity index (χ3v) is 5.17. The molecule has 0 saturated heterocycles. The van der Waals surface area contributed by atoms with Crippen LogP contribution in [0.4, 0.5) is 0 Å². The molecule has 164 valence electrons. The molecule has 5 heteroatoms. The van der Waals surface area contributed by atoms with Crippen molar-refractivity contribution in [3.8, 4) is 12.1 Å². The van der Waals surface area contributed by atoms with Crippen molar-refractivity contribution in [2.24, 2.45) is 0 Å². The number of rotatable bonds is 10. The third-order valence-electron chi connectivity index (χ3n) is 5.17. The number of nitrogens with zero attached hydrogens (tertiary/aromatic N) is 3. The molecule has 0 radical (unpaired) electrons. The summed E-state index contributed by atoms with van der Waals surface area (Å²) in [5.74, 6) is 0. The van der Waals surface area contributed by atoms with Crippen LogP contribution < -0.4 is 5.32 Å². The maximum atomic E-state index is 9.79. The van der Waals surface area contributed by atoms with E-state index < -0.39 is 6.23 Å². The Balaban J connectivity index is 2.28. The third kappa shape index (κ3) is 6.68. The summed E-state index contributed by atoms with van der Waals surface area (Å²) in [4.78, 5) is 2.11. The number of benzene rings is 1. The van der Waals surface area contributed by atoms with Crippen molar-refractivity contribution in [1.29, 1.82) is 10.5 Å². The molecule has 1 aliphatic rings. The summed E-state index contributed by atoms with van der Waals surface area (Å²) in [5.41, 5.74) is 5.95. The molecule has 1 heterocycles. The van der Waals surface area contributed by atoms with Gasteiger partial charge >= 0.3 is 0 Å². The summed E-state index contributed by atoms with van der Waals surface area (Å²) in [6.45, 7) is 9.88. The maximum Gasteiger partial charge on any atom is 0.130 e. The zero-order valence-electron chi connectivity index (χ0n) is 18.8. The van der Waals surface area contributed by atoms with E-state index in [0.717, 1.165) is 40.9 Å². The van der Waals surface area contributed by atoms with Crippen LogP contribution in [0.25, 0.3) is 5.70 Å². The molecule has 1 atom stereocenters. The topological polar surface area (TPSA) is 83.1 Å². The van der Waals surface area contributed by atoms with Crippen molar-refractivity contribution < 1.29 is 5.11 Å². The van der Waals surface area contributed by atoms with Crippen LogP contribution >= 0.6 is 0 Å². The van der Waals surface area contributed by atoms with Crippen molar-refractivity contribution in [3.05, 3.63) is 101 Å². The van der Waals surface area contributed by atoms with Crippen molar-refractivity contribution in [1.82, 2.24) is 10.2 Å². The SMILES string of the molecule is C=CC/C=C\C=C1/CC(C=C(C#N)C#N)=C(c2ccc(CCNC(O)C(=C)C)cc2)N1C. The summed E-state index contributed by atoms with van der Waals surface area (Å²) < 4.78 is 0. The fraction of sp³-hybridized carbons (Fsp3) is 0.259. The zero-order valence-corrected chi connectivity index (χ0v) is 18.8. The Labute approximate surface area is 191 Å². The van der Waals surface area contributed by atoms with Crippen LogP contribution in [-0.2, 0) is 6.42 Å². The lowest BCUT2D eigenvalue weighted by Crippen LogP contribution is -2.31. The first kappa shape index (κ1) is 24.6. The van der Waals surface area contributed by atoms with Gasteiger partial charge in [0.25, 0.3) is 0 Å². The first-order valence-corrected chi connectivity index (χ1v) is 10.5. The van der Waals surface area contributed by atoms with Crippen molar-refractivity contribution in [2.45, 2.75) is 32.4 Å². The molecule has 32 heavy (non-hydrogen) atoms. The highest BCUT2D eigenvalue weighted by Gasteiger charge is 2.24. The Bertz CT molecular complexity index is 1030. The number of hydrogen-bond donors (Lipinski definition) is 2. The molecule has 1 aliphatic heterocycles. The average molecular weight is 427 g/mol. The number of allylic oxidation sites excluding steroid dienone is 7. The van der Waals surface area contributed by atoms with Crippen LogP contribution in [-0.4, -0.2) is 29.8 Å². The van der Waals surface area contributed by atoms with Crippen molar-refractivity contribution >= 4 is 5.70 Å². The van der Waals surface area contributed by atoms with E-state index in [1.807, 2.05) is 37.4 Å². The van der Waals surface area contributed by atoms with E-state index in [-0.39, 0.29) is 5.57 Å². The molecule has 2 rings (SSSR count). The number of aliphatic hydroxyl groups is 1. The van der Waals surface area contributed by atoms with Gasteiger partial charge in [-0.25, -0.2) is 0 Å². The molecule has 1 unspecified atom stereocenters. The van der Waals surface area contributed by atoms with Gasteiger partial charge in [0.1, 0.15) is 23.9 Å². The molecular formula is C27H30N4O. The summed E-state index contributed by atoms with van der Waals surface area (Å²) in [6.07, 6.45) is 11.1. The second kappa shape index (κ2) is 12.3. The molecule has 0 fully saturated rings. The van der Waals surface area contributed by atoms with Gasteiger partial charge in [-0.2, -0.15) is 10.5 Å². The fourth-order valence-electron chi connectivity index (χ4n) is 3.40. The highest BCUT2D eigenvalue weighted by atomic mass is 16.3. The second-order valence-electron chi connectivity index (χ2n) is 7.65. The van der Waals surface area contributed by atoms with Crippen LogP contribution in [0.2, 0.25) is 0 Å². The van der Waals surface area contributed by atoms with Gasteiger partial charge in [-0.3, -0.25) is 5.32 Å². The Morgan fingerprint density at radius 3 is 2.56 bits per heavy atom. The minimum absolute atomic E-state index is 0.0908. The molecule has 0 saturated carbocycles. The lowest BCUT2D eigenvalue weighted by Gasteiger charge is -2.19. The summed E-state index contributed by atoms with van der Waals surface area (Å²) in [7, 11) is 2.00. The first-order chi connectivity index (χ1) is 15.4. The number of aliphatic hydroxyl groups excluding tert-OH is 1. The molecule has 0 spiro atoms. The minimum Gasteiger partial charge on any atom is -0.375 e. The van der Waals surface area contributed by atoms with Gasteiger partial charge in [-0.15, -0.1) is 6.58 Å². The highest BCUT2D eigenvalue weighted by molar-refractivity contribution is 5.75. The monoisotopic (exact) mass is 426 g/mol. The molecule has 1 aromatic carbocycles. The van der Waals surface area contributed by atoms with Crippen LogP contribution in [0.1, 0.15) is 30.9 Å². The molecule has 0 amide bonds. The van der Waals surface area contributed by atoms with E-state index in [1.165, 1.54) is 0 Å². The molecule has 1 aromatic rings. The molecule has 2 N–H and O–H groups in total. The van der Waals surface area contributed by atoms with Gasteiger partial charge in [-0.05, 0) is 54.2 Å². The summed E-state index contributed by atoms with van der Waals surface area (Å²) in [5, 5.41) is 31.3. The molecular weight excluding hydrogens is 396 g/mol. The van der Waals surface area contributed by atoms with E-state index in [4.69, 9.17) is 0 Å². The van der Waals surface area contributed by atoms with Crippen LogP contribution in [0.5, 0.6) is 0 Å². The van der Waals surface area contributed by atoms with E-state index >= 15 is 0 Å². The normalized spacial score (nSPS) is 15.5. The van der Waals surface area contributed by atoms with Crippen molar-refractivity contribution in [2.75, 3.05) is 13.6 Å². The smallest absolute Gasteiger partial charge is 0.130 e. The quantitative estimate of drug-likeness (QED) is 0.320. The summed E-state index contributed by atoms with van der Waals surface area (Å²) >= 11 is 0. The van der Waals surface area contributed by atoms with E-state index in [2.05, 4.69) is 53.7 Å². The lowest BCUT2D eigenvalue weighted by atomic mass is 10.0. The number of nitriles is 2. The predicted octanol–water partition coefficient (Wildman–Crippen LogP) is 4.75. The Morgan fingerprint density at radius 2 is 1.97 bits per heavy atom. The van der Waals surface area contributed by atoms with Gasteiger partial charge in [0.05, 0.1) is 5.70 Å². The lowest BCUT2D eigenvalue weighted by molar-refractivity contribution is 0.174. The summed E-state index contributed by atoms with van der Waals surface area (Å²) in [6, 6.07) is 12.2. The van der Waals surface area contributed by atoms with E-state index in [0.29, 0.717) is 18.5 Å². The van der Waals surface area contributed by atoms with E-state index in [1.54, 1.807) is 13.0 Å². The van der Waals surface area contributed by atoms with Gasteiger partial charge in [0.2, 0.25) is 0 Å². The van der Waals surface area contributed by atoms with E-state index in [9.17, 15) is 15.6 Å². The van der Waals surface area contributed by atoms with Gasteiger partial charge < -0.3 is 10.0 Å². The van der Waals surface area contributed by atoms with Gasteiger partial charge in [-0.1, -0.05) is 49.1 Å². The van der Waals surface area contributed by atoms with Gasteiger partial charge in [0, 0.05) is 25.7 Å². The minimum atomic E-state index is -0.693. The first-order valence-electron chi connectivity index (χ1n) is 10.5. The number of hydrogen-bond acceptors (Lipinski definition) is 5. The molecule has 0 aliphatic carbocycles. The predicted molar refractivity (Wildman–Crippen MR) is 130 cm³/mol.